The summed E-state index contributed by atoms with van der Waals surface area (Å²) in [6.45, 7) is 1.61. The summed E-state index contributed by atoms with van der Waals surface area (Å²) in [5.41, 5.74) is 2.52. The molecule has 0 bridgehead atoms. The summed E-state index contributed by atoms with van der Waals surface area (Å²) in [7, 11) is 1.64. The van der Waals surface area contributed by atoms with Crippen molar-refractivity contribution in [3.05, 3.63) is 84.4 Å². The number of imidazole rings is 1. The lowest BCUT2D eigenvalue weighted by Gasteiger charge is -2.12. The van der Waals surface area contributed by atoms with Gasteiger partial charge in [-0.15, -0.1) is 0 Å². The Balaban J connectivity index is 1.42. The molecule has 0 aliphatic heterocycles. The Morgan fingerprint density at radius 1 is 1.06 bits per heavy atom. The van der Waals surface area contributed by atoms with Crippen LogP contribution in [0, 0.1) is 0 Å². The highest BCUT2D eigenvalue weighted by atomic mass is 16.5. The molecule has 4 aromatic rings. The number of nitrogens with zero attached hydrogens (tertiary/aromatic N) is 3. The van der Waals surface area contributed by atoms with Gasteiger partial charge in [0.2, 0.25) is 0 Å². The number of fused-ring (bicyclic) bond motifs is 1. The van der Waals surface area contributed by atoms with Crippen LogP contribution in [0.2, 0.25) is 0 Å². The van der Waals surface area contributed by atoms with Gasteiger partial charge in [0.25, 0.3) is 5.91 Å². The van der Waals surface area contributed by atoms with Gasteiger partial charge in [0.1, 0.15) is 23.9 Å². The first-order valence-corrected chi connectivity index (χ1v) is 10.1. The van der Waals surface area contributed by atoms with E-state index in [-0.39, 0.29) is 5.91 Å². The molecule has 0 radical (unpaired) electrons. The van der Waals surface area contributed by atoms with Gasteiger partial charge in [-0.25, -0.2) is 4.98 Å². The molecule has 0 saturated carbocycles. The highest BCUT2D eigenvalue weighted by molar-refractivity contribution is 5.93. The number of hydrogen-bond donors (Lipinski definition) is 1. The smallest absolute Gasteiger partial charge is 0.252 e. The van der Waals surface area contributed by atoms with Crippen LogP contribution in [0.15, 0.2) is 73.1 Å². The lowest BCUT2D eigenvalue weighted by molar-refractivity contribution is 0.0953. The summed E-state index contributed by atoms with van der Waals surface area (Å²) < 4.78 is 13.3. The second-order valence-corrected chi connectivity index (χ2v) is 6.94. The molecule has 0 unspecified atom stereocenters. The first kappa shape index (κ1) is 20.4. The number of ether oxygens (including phenoxy) is 2. The lowest BCUT2D eigenvalue weighted by atomic mass is 10.2. The third-order valence-electron chi connectivity index (χ3n) is 4.92. The van der Waals surface area contributed by atoms with Crippen molar-refractivity contribution in [3.63, 3.8) is 0 Å². The molecule has 0 spiro atoms. The van der Waals surface area contributed by atoms with E-state index in [1.165, 1.54) is 0 Å². The Bertz CT molecular complexity index is 1160. The Labute approximate surface area is 180 Å². The molecule has 0 fully saturated rings. The number of pyridine rings is 1. The summed E-state index contributed by atoms with van der Waals surface area (Å²) in [5, 5.41) is 2.94. The fourth-order valence-electron chi connectivity index (χ4n) is 3.40. The molecule has 7 heteroatoms. The Morgan fingerprint density at radius 2 is 1.94 bits per heavy atom. The minimum atomic E-state index is -0.142. The molecule has 2 aromatic carbocycles. The normalized spacial score (nSPS) is 10.7. The van der Waals surface area contributed by atoms with Crippen LogP contribution >= 0.6 is 0 Å². The fraction of sp³-hybridized carbons (Fsp3) is 0.208. The molecule has 158 valence electrons. The van der Waals surface area contributed by atoms with Crippen molar-refractivity contribution >= 4 is 16.9 Å². The van der Waals surface area contributed by atoms with Crippen molar-refractivity contribution in [1.29, 1.82) is 0 Å². The largest absolute Gasteiger partial charge is 0.497 e. The summed E-state index contributed by atoms with van der Waals surface area (Å²) in [6.07, 6.45) is 3.81. The van der Waals surface area contributed by atoms with Crippen molar-refractivity contribution in [2.24, 2.45) is 0 Å². The minimum Gasteiger partial charge on any atom is -0.497 e. The van der Waals surface area contributed by atoms with Gasteiger partial charge >= 0.3 is 0 Å². The van der Waals surface area contributed by atoms with E-state index in [1.807, 2.05) is 48.5 Å². The summed E-state index contributed by atoms with van der Waals surface area (Å²) >= 11 is 0. The topological polar surface area (TPSA) is 78.3 Å². The van der Waals surface area contributed by atoms with E-state index in [4.69, 9.17) is 14.5 Å². The van der Waals surface area contributed by atoms with Crippen LogP contribution in [-0.2, 0) is 13.0 Å². The average Bonchev–Trinajstić information content (AvgIpc) is 3.17. The molecule has 7 nitrogen and oxygen atoms in total. The quantitative estimate of drug-likeness (QED) is 0.452. The summed E-state index contributed by atoms with van der Waals surface area (Å²) in [4.78, 5) is 21.0. The van der Waals surface area contributed by atoms with Gasteiger partial charge in [-0.1, -0.05) is 18.2 Å². The summed E-state index contributed by atoms with van der Waals surface area (Å²) in [5.74, 6) is 2.28. The van der Waals surface area contributed by atoms with E-state index in [0.717, 1.165) is 28.4 Å². The molecule has 0 aliphatic carbocycles. The summed E-state index contributed by atoms with van der Waals surface area (Å²) in [6, 6.07) is 19.1. The van der Waals surface area contributed by atoms with Crippen LogP contribution in [0.1, 0.15) is 16.2 Å². The average molecular weight is 416 g/mol. The number of amides is 1. The van der Waals surface area contributed by atoms with Crippen LogP contribution < -0.4 is 14.8 Å². The molecule has 2 heterocycles. The number of carbonyl (C=O) groups excluding carboxylic acids is 1. The number of rotatable bonds is 9. The molecule has 31 heavy (non-hydrogen) atoms. The zero-order valence-electron chi connectivity index (χ0n) is 17.3. The Hall–Kier alpha value is -3.87. The number of benzene rings is 2. The Kier molecular flexibility index (Phi) is 6.42. The predicted octanol–water partition coefficient (Wildman–Crippen LogP) is 3.49. The van der Waals surface area contributed by atoms with Crippen LogP contribution in [0.3, 0.4) is 0 Å². The van der Waals surface area contributed by atoms with Crippen molar-refractivity contribution in [2.75, 3.05) is 20.3 Å². The van der Waals surface area contributed by atoms with Gasteiger partial charge in [0.05, 0.1) is 30.3 Å². The van der Waals surface area contributed by atoms with Gasteiger partial charge in [-0.2, -0.15) is 0 Å². The van der Waals surface area contributed by atoms with Gasteiger partial charge in [0.15, 0.2) is 0 Å². The fourth-order valence-corrected chi connectivity index (χ4v) is 3.40. The third-order valence-corrected chi connectivity index (χ3v) is 4.92. The van der Waals surface area contributed by atoms with E-state index in [0.29, 0.717) is 31.7 Å². The molecule has 0 saturated heterocycles. The maximum absolute atomic E-state index is 12.3. The lowest BCUT2D eigenvalue weighted by Crippen LogP contribution is -2.26. The number of aromatic nitrogens is 3. The van der Waals surface area contributed by atoms with Gasteiger partial charge in [-0.3, -0.25) is 9.78 Å². The molecule has 1 amide bonds. The molecule has 1 N–H and O–H groups in total. The van der Waals surface area contributed by atoms with Crippen LogP contribution in [0.4, 0.5) is 0 Å². The van der Waals surface area contributed by atoms with E-state index >= 15 is 0 Å². The van der Waals surface area contributed by atoms with Crippen molar-refractivity contribution < 1.29 is 14.3 Å². The van der Waals surface area contributed by atoms with Crippen LogP contribution in [0.5, 0.6) is 11.5 Å². The van der Waals surface area contributed by atoms with Gasteiger partial charge in [-0.05, 0) is 36.4 Å². The second-order valence-electron chi connectivity index (χ2n) is 6.94. The number of hydrogen-bond acceptors (Lipinski definition) is 5. The first-order chi connectivity index (χ1) is 15.2. The molecule has 0 atom stereocenters. The molecule has 0 aliphatic rings. The van der Waals surface area contributed by atoms with Gasteiger partial charge < -0.3 is 19.4 Å². The maximum Gasteiger partial charge on any atom is 0.252 e. The first-order valence-electron chi connectivity index (χ1n) is 10.1. The van der Waals surface area contributed by atoms with E-state index < -0.39 is 0 Å². The number of nitrogens with one attached hydrogen (secondary N) is 1. The molecular weight excluding hydrogens is 392 g/mol. The zero-order chi connectivity index (χ0) is 21.5. The monoisotopic (exact) mass is 416 g/mol. The molecule has 2 aromatic heterocycles. The second kappa shape index (κ2) is 9.75. The maximum atomic E-state index is 12.3. The van der Waals surface area contributed by atoms with Gasteiger partial charge in [0, 0.05) is 31.4 Å². The standard InChI is InChI=1S/C24H24N4O3/c1-30-19-7-4-8-20(16-19)31-15-14-28-22-10-3-2-9-21(22)27-23(28)11-13-26-24(29)18-6-5-12-25-17-18/h2-10,12,16-17H,11,13-15H2,1H3,(H,26,29). The van der Waals surface area contributed by atoms with E-state index in [2.05, 4.69) is 14.9 Å². The van der Waals surface area contributed by atoms with E-state index in [1.54, 1.807) is 31.6 Å². The van der Waals surface area contributed by atoms with Crippen molar-refractivity contribution in [3.8, 4) is 11.5 Å². The van der Waals surface area contributed by atoms with Crippen molar-refractivity contribution in [1.82, 2.24) is 19.9 Å². The highest BCUT2D eigenvalue weighted by Gasteiger charge is 2.12. The number of para-hydroxylation sites is 2. The SMILES string of the molecule is COc1cccc(OCCn2c(CCNC(=O)c3cccnc3)nc3ccccc32)c1. The number of carbonyl (C=O) groups is 1. The minimum absolute atomic E-state index is 0.142. The van der Waals surface area contributed by atoms with E-state index in [9.17, 15) is 4.79 Å². The number of methoxy groups -OCH3 is 1. The molecule has 4 rings (SSSR count). The third kappa shape index (κ3) is 5.01. The van der Waals surface area contributed by atoms with Crippen LogP contribution in [-0.4, -0.2) is 40.7 Å². The molecular formula is C24H24N4O3. The zero-order valence-corrected chi connectivity index (χ0v) is 17.3. The van der Waals surface area contributed by atoms with Crippen molar-refractivity contribution in [2.45, 2.75) is 13.0 Å². The predicted molar refractivity (Wildman–Crippen MR) is 118 cm³/mol. The van der Waals surface area contributed by atoms with Crippen LogP contribution in [0.25, 0.3) is 11.0 Å². The highest BCUT2D eigenvalue weighted by Crippen LogP contribution is 2.20. The Morgan fingerprint density at radius 3 is 2.77 bits per heavy atom.